The third-order valence-corrected chi connectivity index (χ3v) is 6.85. The first kappa shape index (κ1) is 18.6. The SMILES string of the molecule is COCCCS(=O)(=O)N1CCN(c2ccnc3ccc(Br)cc23)CC1. The molecule has 8 heteroatoms. The summed E-state index contributed by atoms with van der Waals surface area (Å²) in [7, 11) is -1.62. The van der Waals surface area contributed by atoms with Crippen molar-refractivity contribution in [2.75, 3.05) is 50.5 Å². The highest BCUT2D eigenvalue weighted by atomic mass is 79.9. The largest absolute Gasteiger partial charge is 0.385 e. The standard InChI is InChI=1S/C17H22BrN3O3S/c1-24-11-2-12-25(22,23)21-9-7-20(8-10-21)17-5-6-19-16-4-3-14(18)13-15(16)17/h3-6,13H,2,7-12H2,1H3. The minimum absolute atomic E-state index is 0.145. The van der Waals surface area contributed by atoms with Crippen LogP contribution in [-0.2, 0) is 14.8 Å². The number of anilines is 1. The van der Waals surface area contributed by atoms with Crippen molar-refractivity contribution in [1.29, 1.82) is 0 Å². The average molecular weight is 428 g/mol. The molecule has 25 heavy (non-hydrogen) atoms. The van der Waals surface area contributed by atoms with Crippen LogP contribution in [0.3, 0.4) is 0 Å². The second-order valence-corrected chi connectivity index (χ2v) is 9.04. The zero-order chi connectivity index (χ0) is 17.9. The summed E-state index contributed by atoms with van der Waals surface area (Å²) in [6.45, 7) is 2.83. The van der Waals surface area contributed by atoms with Crippen molar-refractivity contribution in [1.82, 2.24) is 9.29 Å². The number of fused-ring (bicyclic) bond motifs is 1. The second-order valence-electron chi connectivity index (χ2n) is 6.04. The van der Waals surface area contributed by atoms with Gasteiger partial charge < -0.3 is 9.64 Å². The molecule has 0 saturated carbocycles. The molecule has 1 aromatic carbocycles. The summed E-state index contributed by atoms with van der Waals surface area (Å²) >= 11 is 3.51. The van der Waals surface area contributed by atoms with E-state index in [1.165, 1.54) is 0 Å². The van der Waals surface area contributed by atoms with E-state index in [0.717, 1.165) is 21.1 Å². The van der Waals surface area contributed by atoms with E-state index in [4.69, 9.17) is 4.74 Å². The van der Waals surface area contributed by atoms with Gasteiger partial charge in [0.15, 0.2) is 0 Å². The van der Waals surface area contributed by atoms with E-state index in [1.807, 2.05) is 18.2 Å². The van der Waals surface area contributed by atoms with E-state index >= 15 is 0 Å². The lowest BCUT2D eigenvalue weighted by atomic mass is 10.1. The van der Waals surface area contributed by atoms with Crippen molar-refractivity contribution < 1.29 is 13.2 Å². The number of sulfonamides is 1. The highest BCUT2D eigenvalue weighted by molar-refractivity contribution is 9.10. The number of rotatable bonds is 6. The predicted octanol–water partition coefficient (Wildman–Crippen LogP) is 2.49. The van der Waals surface area contributed by atoms with Crippen LogP contribution >= 0.6 is 15.9 Å². The van der Waals surface area contributed by atoms with Gasteiger partial charge in [-0.3, -0.25) is 4.98 Å². The molecule has 3 rings (SSSR count). The minimum Gasteiger partial charge on any atom is -0.385 e. The number of aromatic nitrogens is 1. The summed E-state index contributed by atoms with van der Waals surface area (Å²) in [5.74, 6) is 0.145. The Kier molecular flexibility index (Phi) is 5.93. The maximum atomic E-state index is 12.4. The van der Waals surface area contributed by atoms with Gasteiger partial charge in [-0.1, -0.05) is 15.9 Å². The molecule has 1 aliphatic rings. The van der Waals surface area contributed by atoms with Gasteiger partial charge in [-0.05, 0) is 30.7 Å². The molecule has 136 valence electrons. The molecule has 0 atom stereocenters. The smallest absolute Gasteiger partial charge is 0.214 e. The number of hydrogen-bond acceptors (Lipinski definition) is 5. The molecule has 0 bridgehead atoms. The first-order chi connectivity index (χ1) is 12.0. The molecule has 6 nitrogen and oxygen atoms in total. The molecule has 1 aromatic heterocycles. The van der Waals surface area contributed by atoms with Gasteiger partial charge in [-0.15, -0.1) is 0 Å². The topological polar surface area (TPSA) is 62.7 Å². The Hall–Kier alpha value is -1.22. The van der Waals surface area contributed by atoms with Gasteiger partial charge in [0.2, 0.25) is 10.0 Å². The maximum Gasteiger partial charge on any atom is 0.214 e. The quantitative estimate of drug-likeness (QED) is 0.662. The third-order valence-electron chi connectivity index (χ3n) is 4.40. The Morgan fingerprint density at radius 1 is 1.20 bits per heavy atom. The molecule has 1 fully saturated rings. The monoisotopic (exact) mass is 427 g/mol. The van der Waals surface area contributed by atoms with Crippen LogP contribution in [-0.4, -0.2) is 63.4 Å². The van der Waals surface area contributed by atoms with Crippen LogP contribution in [0.25, 0.3) is 10.9 Å². The summed E-state index contributed by atoms with van der Waals surface area (Å²) < 4.78 is 32.3. The molecule has 0 N–H and O–H groups in total. The number of nitrogens with zero attached hydrogens (tertiary/aromatic N) is 3. The van der Waals surface area contributed by atoms with Crippen LogP contribution in [0.15, 0.2) is 34.9 Å². The first-order valence-electron chi connectivity index (χ1n) is 8.27. The normalized spacial score (nSPS) is 16.5. The van der Waals surface area contributed by atoms with E-state index in [2.05, 4.69) is 31.9 Å². The van der Waals surface area contributed by atoms with Gasteiger partial charge in [0, 0.05) is 61.6 Å². The van der Waals surface area contributed by atoms with E-state index in [1.54, 1.807) is 17.6 Å². The van der Waals surface area contributed by atoms with Gasteiger partial charge in [0.25, 0.3) is 0 Å². The molecule has 1 saturated heterocycles. The van der Waals surface area contributed by atoms with Gasteiger partial charge in [0.05, 0.1) is 11.3 Å². The second kappa shape index (κ2) is 7.99. The van der Waals surface area contributed by atoms with Crippen LogP contribution in [0.5, 0.6) is 0 Å². The lowest BCUT2D eigenvalue weighted by molar-refractivity contribution is 0.199. The molecule has 0 radical (unpaired) electrons. The highest BCUT2D eigenvalue weighted by Crippen LogP contribution is 2.29. The van der Waals surface area contributed by atoms with Crippen LogP contribution in [0.4, 0.5) is 5.69 Å². The van der Waals surface area contributed by atoms with E-state index < -0.39 is 10.0 Å². The van der Waals surface area contributed by atoms with Gasteiger partial charge in [0.1, 0.15) is 0 Å². The molecule has 0 aliphatic carbocycles. The first-order valence-corrected chi connectivity index (χ1v) is 10.7. The average Bonchev–Trinajstić information content (AvgIpc) is 2.61. The Bertz CT molecular complexity index is 836. The number of methoxy groups -OCH3 is 1. The molecule has 2 heterocycles. The van der Waals surface area contributed by atoms with Crippen molar-refractivity contribution in [3.8, 4) is 0 Å². The highest BCUT2D eigenvalue weighted by Gasteiger charge is 2.27. The number of hydrogen-bond donors (Lipinski definition) is 0. The Balaban J connectivity index is 1.72. The number of ether oxygens (including phenoxy) is 1. The molecular formula is C17H22BrN3O3S. The zero-order valence-electron chi connectivity index (χ0n) is 14.2. The number of halogens is 1. The fourth-order valence-corrected chi connectivity index (χ4v) is 4.92. The summed E-state index contributed by atoms with van der Waals surface area (Å²) in [6, 6.07) is 8.02. The Labute approximate surface area is 157 Å². The Morgan fingerprint density at radius 2 is 1.96 bits per heavy atom. The summed E-state index contributed by atoms with van der Waals surface area (Å²) in [6.07, 6.45) is 2.33. The fourth-order valence-electron chi connectivity index (χ4n) is 3.10. The summed E-state index contributed by atoms with van der Waals surface area (Å²) in [5, 5.41) is 1.08. The maximum absolute atomic E-state index is 12.4. The minimum atomic E-state index is -3.20. The third kappa shape index (κ3) is 4.31. The predicted molar refractivity (Wildman–Crippen MR) is 104 cm³/mol. The van der Waals surface area contributed by atoms with Gasteiger partial charge in [-0.2, -0.15) is 4.31 Å². The van der Waals surface area contributed by atoms with Gasteiger partial charge in [-0.25, -0.2) is 8.42 Å². The lowest BCUT2D eigenvalue weighted by Crippen LogP contribution is -2.49. The molecule has 0 spiro atoms. The Morgan fingerprint density at radius 3 is 2.68 bits per heavy atom. The number of benzene rings is 1. The molecular weight excluding hydrogens is 406 g/mol. The molecule has 0 unspecified atom stereocenters. The van der Waals surface area contributed by atoms with E-state index in [-0.39, 0.29) is 5.75 Å². The van der Waals surface area contributed by atoms with E-state index in [9.17, 15) is 8.42 Å². The van der Waals surface area contributed by atoms with Gasteiger partial charge >= 0.3 is 0 Å². The van der Waals surface area contributed by atoms with Crippen molar-refractivity contribution >= 4 is 42.5 Å². The zero-order valence-corrected chi connectivity index (χ0v) is 16.6. The fraction of sp³-hybridized carbons (Fsp3) is 0.471. The summed E-state index contributed by atoms with van der Waals surface area (Å²) in [4.78, 5) is 6.64. The van der Waals surface area contributed by atoms with Crippen molar-refractivity contribution in [2.24, 2.45) is 0 Å². The molecule has 1 aliphatic heterocycles. The van der Waals surface area contributed by atoms with Crippen molar-refractivity contribution in [2.45, 2.75) is 6.42 Å². The van der Waals surface area contributed by atoms with Crippen molar-refractivity contribution in [3.63, 3.8) is 0 Å². The number of piperazine rings is 1. The van der Waals surface area contributed by atoms with Crippen LogP contribution < -0.4 is 4.90 Å². The van der Waals surface area contributed by atoms with Crippen LogP contribution in [0.1, 0.15) is 6.42 Å². The van der Waals surface area contributed by atoms with E-state index in [0.29, 0.717) is 39.2 Å². The lowest BCUT2D eigenvalue weighted by Gasteiger charge is -2.35. The molecule has 0 amide bonds. The number of pyridine rings is 1. The van der Waals surface area contributed by atoms with Crippen LogP contribution in [0.2, 0.25) is 0 Å². The van der Waals surface area contributed by atoms with Crippen LogP contribution in [0, 0.1) is 0 Å². The molecule has 2 aromatic rings. The van der Waals surface area contributed by atoms with Crippen molar-refractivity contribution in [3.05, 3.63) is 34.9 Å². The summed E-state index contributed by atoms with van der Waals surface area (Å²) in [5.41, 5.74) is 2.04.